The van der Waals surface area contributed by atoms with Gasteiger partial charge in [0.1, 0.15) is 0 Å². The van der Waals surface area contributed by atoms with Crippen LogP contribution in [0.4, 0.5) is 0 Å². The number of sulfone groups is 1. The van der Waals surface area contributed by atoms with Gasteiger partial charge in [-0.25, -0.2) is 8.42 Å². The van der Waals surface area contributed by atoms with E-state index in [1.54, 1.807) is 36.4 Å². The summed E-state index contributed by atoms with van der Waals surface area (Å²) in [5.74, 6) is 0. The molecule has 0 aliphatic heterocycles. The van der Waals surface area contributed by atoms with E-state index in [0.29, 0.717) is 11.3 Å². The van der Waals surface area contributed by atoms with Gasteiger partial charge in [-0.2, -0.15) is 0 Å². The Morgan fingerprint density at radius 3 is 2.32 bits per heavy atom. The Hall–Kier alpha value is -1.13. The maximum Gasteiger partial charge on any atom is 0.184 e. The Labute approximate surface area is 115 Å². The van der Waals surface area contributed by atoms with Gasteiger partial charge in [0.25, 0.3) is 0 Å². The summed E-state index contributed by atoms with van der Waals surface area (Å²) in [4.78, 5) is 0.306. The Balaban J connectivity index is 3.13. The largest absolute Gasteiger partial charge is 0.393 e. The Bertz CT molecular complexity index is 514. The van der Waals surface area contributed by atoms with Gasteiger partial charge in [0.05, 0.1) is 16.2 Å². The van der Waals surface area contributed by atoms with Crippen LogP contribution in [-0.4, -0.2) is 24.9 Å². The van der Waals surface area contributed by atoms with Crippen LogP contribution in [0.3, 0.4) is 0 Å². The van der Waals surface area contributed by atoms with Crippen molar-refractivity contribution in [3.63, 3.8) is 0 Å². The molecule has 0 spiro atoms. The van der Waals surface area contributed by atoms with Crippen LogP contribution in [0, 0.1) is 0 Å². The maximum atomic E-state index is 12.6. The number of benzene rings is 1. The molecule has 0 heterocycles. The third-order valence-corrected chi connectivity index (χ3v) is 5.02. The Morgan fingerprint density at radius 2 is 1.84 bits per heavy atom. The highest BCUT2D eigenvalue weighted by Crippen LogP contribution is 2.22. The molecule has 2 atom stereocenters. The van der Waals surface area contributed by atoms with E-state index in [-0.39, 0.29) is 6.42 Å². The van der Waals surface area contributed by atoms with Crippen LogP contribution < -0.4 is 0 Å². The van der Waals surface area contributed by atoms with Crippen molar-refractivity contribution in [3.05, 3.63) is 42.0 Å². The summed E-state index contributed by atoms with van der Waals surface area (Å²) in [7, 11) is -3.44. The topological polar surface area (TPSA) is 54.4 Å². The predicted molar refractivity (Wildman–Crippen MR) is 77.8 cm³/mol. The molecule has 0 radical (unpaired) electrons. The monoisotopic (exact) mass is 282 g/mol. The normalized spacial score (nSPS) is 14.7. The standard InChI is InChI=1S/C15H22O3S/c1-4-13(16)11-15(10-12(2)3)19(17,18)14-8-6-5-7-9-14/h5-10,13,15-16H,4,11H2,1-3H3. The van der Waals surface area contributed by atoms with Crippen molar-refractivity contribution in [2.45, 2.75) is 49.9 Å². The lowest BCUT2D eigenvalue weighted by molar-refractivity contribution is 0.162. The summed E-state index contributed by atoms with van der Waals surface area (Å²) in [6, 6.07) is 8.40. The van der Waals surface area contributed by atoms with Crippen molar-refractivity contribution < 1.29 is 13.5 Å². The molecular formula is C15H22O3S. The Kier molecular flexibility index (Phi) is 5.76. The maximum absolute atomic E-state index is 12.6. The third kappa shape index (κ3) is 4.48. The molecule has 4 heteroatoms. The Morgan fingerprint density at radius 1 is 1.26 bits per heavy atom. The van der Waals surface area contributed by atoms with Gasteiger partial charge in [0, 0.05) is 0 Å². The molecule has 0 aliphatic carbocycles. The van der Waals surface area contributed by atoms with Crippen molar-refractivity contribution in [2.24, 2.45) is 0 Å². The first-order chi connectivity index (χ1) is 8.87. The van der Waals surface area contributed by atoms with Crippen LogP contribution in [0.2, 0.25) is 0 Å². The van der Waals surface area contributed by atoms with Crippen molar-refractivity contribution in [3.8, 4) is 0 Å². The lowest BCUT2D eigenvalue weighted by Crippen LogP contribution is -2.25. The minimum absolute atomic E-state index is 0.235. The molecule has 0 aliphatic rings. The molecule has 3 nitrogen and oxygen atoms in total. The molecule has 1 aromatic carbocycles. The molecule has 0 saturated heterocycles. The summed E-state index contributed by atoms with van der Waals surface area (Å²) in [5.41, 5.74) is 0.938. The number of hydrogen-bond donors (Lipinski definition) is 1. The smallest absolute Gasteiger partial charge is 0.184 e. The van der Waals surface area contributed by atoms with Crippen LogP contribution in [0.25, 0.3) is 0 Å². The average molecular weight is 282 g/mol. The molecule has 0 amide bonds. The van der Waals surface area contributed by atoms with Gasteiger partial charge < -0.3 is 5.11 Å². The number of aliphatic hydroxyl groups is 1. The zero-order valence-corrected chi connectivity index (χ0v) is 12.5. The van der Waals surface area contributed by atoms with E-state index in [1.165, 1.54) is 0 Å². The van der Waals surface area contributed by atoms with Crippen molar-refractivity contribution >= 4 is 9.84 Å². The zero-order valence-electron chi connectivity index (χ0n) is 11.7. The van der Waals surface area contributed by atoms with Crippen LogP contribution >= 0.6 is 0 Å². The lowest BCUT2D eigenvalue weighted by Gasteiger charge is -2.18. The first-order valence-corrected chi connectivity index (χ1v) is 8.04. The fourth-order valence-corrected chi connectivity index (χ4v) is 3.69. The van der Waals surface area contributed by atoms with E-state index in [4.69, 9.17) is 0 Å². The van der Waals surface area contributed by atoms with Gasteiger partial charge in [0.15, 0.2) is 9.84 Å². The summed E-state index contributed by atoms with van der Waals surface area (Å²) in [5, 5.41) is 9.09. The van der Waals surface area contributed by atoms with Crippen LogP contribution in [0.1, 0.15) is 33.6 Å². The van der Waals surface area contributed by atoms with Crippen molar-refractivity contribution in [2.75, 3.05) is 0 Å². The average Bonchev–Trinajstić information content (AvgIpc) is 2.38. The molecule has 1 aromatic rings. The van der Waals surface area contributed by atoms with E-state index in [9.17, 15) is 13.5 Å². The fraction of sp³-hybridized carbons (Fsp3) is 0.467. The van der Waals surface area contributed by atoms with Gasteiger partial charge >= 0.3 is 0 Å². The number of allylic oxidation sites excluding steroid dienone is 1. The quantitative estimate of drug-likeness (QED) is 0.816. The summed E-state index contributed by atoms with van der Waals surface area (Å²) in [6.07, 6.45) is 1.91. The summed E-state index contributed by atoms with van der Waals surface area (Å²) in [6.45, 7) is 5.58. The lowest BCUT2D eigenvalue weighted by atomic mass is 10.1. The number of rotatable bonds is 6. The van der Waals surface area contributed by atoms with E-state index < -0.39 is 21.2 Å². The predicted octanol–water partition coefficient (Wildman–Crippen LogP) is 2.96. The van der Waals surface area contributed by atoms with Crippen LogP contribution in [-0.2, 0) is 9.84 Å². The molecule has 0 bridgehead atoms. The third-order valence-electron chi connectivity index (χ3n) is 2.97. The molecule has 2 unspecified atom stereocenters. The minimum Gasteiger partial charge on any atom is -0.393 e. The second-order valence-electron chi connectivity index (χ2n) is 4.94. The highest BCUT2D eigenvalue weighted by atomic mass is 32.2. The molecule has 0 aromatic heterocycles. The van der Waals surface area contributed by atoms with Gasteiger partial charge in [-0.1, -0.05) is 36.8 Å². The highest BCUT2D eigenvalue weighted by molar-refractivity contribution is 7.92. The SMILES string of the molecule is CCC(O)CC(C=C(C)C)S(=O)(=O)c1ccccc1. The molecule has 19 heavy (non-hydrogen) atoms. The van der Waals surface area contributed by atoms with Crippen molar-refractivity contribution in [1.29, 1.82) is 0 Å². The number of hydrogen-bond acceptors (Lipinski definition) is 3. The fourth-order valence-electron chi connectivity index (χ4n) is 1.88. The molecular weight excluding hydrogens is 260 g/mol. The summed E-state index contributed by atoms with van der Waals surface area (Å²) >= 11 is 0. The van der Waals surface area contributed by atoms with E-state index in [2.05, 4.69) is 0 Å². The molecule has 0 fully saturated rings. The first kappa shape index (κ1) is 15.9. The van der Waals surface area contributed by atoms with Gasteiger partial charge in [-0.05, 0) is 38.8 Å². The van der Waals surface area contributed by atoms with Gasteiger partial charge in [-0.3, -0.25) is 0 Å². The van der Waals surface area contributed by atoms with Crippen molar-refractivity contribution in [1.82, 2.24) is 0 Å². The molecule has 1 N–H and O–H groups in total. The molecule has 106 valence electrons. The molecule has 0 saturated carbocycles. The number of aliphatic hydroxyl groups excluding tert-OH is 1. The van der Waals surface area contributed by atoms with E-state index >= 15 is 0 Å². The van der Waals surface area contributed by atoms with E-state index in [0.717, 1.165) is 5.57 Å². The van der Waals surface area contributed by atoms with Gasteiger partial charge in [-0.15, -0.1) is 0 Å². The summed E-state index contributed by atoms with van der Waals surface area (Å²) < 4.78 is 25.1. The first-order valence-electron chi connectivity index (χ1n) is 6.50. The molecule has 1 rings (SSSR count). The second-order valence-corrected chi connectivity index (χ2v) is 7.11. The van der Waals surface area contributed by atoms with Crippen LogP contribution in [0.5, 0.6) is 0 Å². The minimum atomic E-state index is -3.44. The zero-order chi connectivity index (χ0) is 14.5. The second kappa shape index (κ2) is 6.87. The van der Waals surface area contributed by atoms with E-state index in [1.807, 2.05) is 20.8 Å². The highest BCUT2D eigenvalue weighted by Gasteiger charge is 2.27. The van der Waals surface area contributed by atoms with Crippen LogP contribution in [0.15, 0.2) is 46.9 Å². The van der Waals surface area contributed by atoms with Gasteiger partial charge in [0.2, 0.25) is 0 Å².